The Balaban J connectivity index is 1.54. The van der Waals surface area contributed by atoms with Crippen LogP contribution < -0.4 is 8.99 Å². The summed E-state index contributed by atoms with van der Waals surface area (Å²) < 4.78 is 16.7. The Kier molecular flexibility index (Phi) is 10.6. The molecular weight excluding hydrogens is 476 g/mol. The number of aromatic nitrogens is 2. The smallest absolute Gasteiger partial charge is 0.309 e. The lowest BCUT2D eigenvalue weighted by molar-refractivity contribution is -0.688. The second-order valence-corrected chi connectivity index (χ2v) is 15.0. The third kappa shape index (κ3) is 7.81. The molecule has 6 heteroatoms. The predicted molar refractivity (Wildman–Crippen MR) is 152 cm³/mol. The van der Waals surface area contributed by atoms with Gasteiger partial charge < -0.3 is 9.16 Å². The zero-order valence-corrected chi connectivity index (χ0v) is 24.6. The lowest BCUT2D eigenvalue weighted by Gasteiger charge is -2.30. The molecule has 0 fully saturated rings. The highest BCUT2D eigenvalue weighted by Gasteiger charge is 2.31. The molecule has 2 aromatic carbocycles. The summed E-state index contributed by atoms with van der Waals surface area (Å²) >= 11 is 0. The molecule has 0 spiro atoms. The molecule has 2 atom stereocenters. The fourth-order valence-corrected chi connectivity index (χ4v) is 7.56. The molecule has 1 heterocycles. The molecule has 2 unspecified atom stereocenters. The van der Waals surface area contributed by atoms with Crippen molar-refractivity contribution in [2.24, 2.45) is 5.92 Å². The minimum atomic E-state index is -1.71. The third-order valence-corrected chi connectivity index (χ3v) is 12.2. The molecule has 0 N–H and O–H groups in total. The van der Waals surface area contributed by atoms with E-state index in [4.69, 9.17) is 9.16 Å². The summed E-state index contributed by atoms with van der Waals surface area (Å²) in [6, 6.07) is 20.2. The van der Waals surface area contributed by atoms with Gasteiger partial charge in [-0.15, -0.1) is 0 Å². The number of hydrogen-bond acceptors (Lipinski definition) is 3. The third-order valence-electron chi connectivity index (χ3n) is 7.72. The highest BCUT2D eigenvalue weighted by atomic mass is 28.4. The van der Waals surface area contributed by atoms with E-state index in [1.165, 1.54) is 5.56 Å². The monoisotopic (exact) mass is 521 g/mol. The second-order valence-electron chi connectivity index (χ2n) is 10.3. The minimum absolute atomic E-state index is 0.143. The van der Waals surface area contributed by atoms with E-state index in [1.54, 1.807) is 0 Å². The Bertz CT molecular complexity index is 1120. The molecule has 0 saturated carbocycles. The molecule has 0 aliphatic carbocycles. The number of carbonyl (C=O) groups is 1. The van der Waals surface area contributed by atoms with Crippen LogP contribution in [0.4, 0.5) is 0 Å². The van der Waals surface area contributed by atoms with E-state index in [0.29, 0.717) is 6.61 Å². The Hall–Kier alpha value is -2.86. The van der Waals surface area contributed by atoms with Crippen molar-refractivity contribution in [2.45, 2.75) is 91.7 Å². The number of nitrogens with zero attached hydrogens (tertiary/aromatic N) is 2. The van der Waals surface area contributed by atoms with Crippen LogP contribution >= 0.6 is 0 Å². The number of rotatable bonds is 14. The van der Waals surface area contributed by atoms with Crippen LogP contribution in [0.15, 0.2) is 67.3 Å². The minimum Gasteiger partial charge on any atom is -0.543 e. The molecule has 0 saturated heterocycles. The zero-order valence-electron chi connectivity index (χ0n) is 23.6. The fraction of sp³-hybridized carbons (Fsp3) is 0.484. The maximum Gasteiger partial charge on any atom is 0.309 e. The van der Waals surface area contributed by atoms with Crippen molar-refractivity contribution < 1.29 is 18.5 Å². The quantitative estimate of drug-likeness (QED) is 0.128. The SMILES string of the molecule is CCC(CC(C)C(=O)OCc1ccc(O[Si](CC)(CC)CC)c(C)c1)n1cc[n+](Cc2ccccc2)c1. The number of hydrogen-bond donors (Lipinski definition) is 0. The zero-order chi connectivity index (χ0) is 26.8. The number of esters is 1. The van der Waals surface area contributed by atoms with Gasteiger partial charge in [-0.25, -0.2) is 9.13 Å². The number of benzene rings is 2. The summed E-state index contributed by atoms with van der Waals surface area (Å²) in [6.07, 6.45) is 8.05. The molecule has 0 radical (unpaired) electrons. The van der Waals surface area contributed by atoms with Crippen LogP contribution in [0, 0.1) is 12.8 Å². The molecule has 0 aliphatic rings. The Labute approximate surface area is 224 Å². The van der Waals surface area contributed by atoms with Crippen molar-refractivity contribution in [1.29, 1.82) is 0 Å². The predicted octanol–water partition coefficient (Wildman–Crippen LogP) is 7.24. The Morgan fingerprint density at radius 2 is 1.70 bits per heavy atom. The summed E-state index contributed by atoms with van der Waals surface area (Å²) in [5.41, 5.74) is 3.38. The molecular formula is C31H45N2O3Si+. The van der Waals surface area contributed by atoms with E-state index in [2.05, 4.69) is 98.9 Å². The summed E-state index contributed by atoms with van der Waals surface area (Å²) in [5.74, 6) is 0.654. The molecule has 5 nitrogen and oxygen atoms in total. The Morgan fingerprint density at radius 3 is 2.32 bits per heavy atom. The van der Waals surface area contributed by atoms with Crippen molar-refractivity contribution in [1.82, 2.24) is 4.57 Å². The summed E-state index contributed by atoms with van der Waals surface area (Å²) in [4.78, 5) is 12.8. The van der Waals surface area contributed by atoms with Gasteiger partial charge in [-0.2, -0.15) is 0 Å². The van der Waals surface area contributed by atoms with Gasteiger partial charge in [0.1, 0.15) is 37.3 Å². The van der Waals surface area contributed by atoms with Crippen LogP contribution in [0.5, 0.6) is 5.75 Å². The molecule has 0 amide bonds. The van der Waals surface area contributed by atoms with E-state index >= 15 is 0 Å². The lowest BCUT2D eigenvalue weighted by atomic mass is 10.00. The van der Waals surface area contributed by atoms with Crippen molar-refractivity contribution in [3.8, 4) is 5.75 Å². The van der Waals surface area contributed by atoms with Crippen LogP contribution in [0.1, 0.15) is 70.2 Å². The highest BCUT2D eigenvalue weighted by Crippen LogP contribution is 2.29. The summed E-state index contributed by atoms with van der Waals surface area (Å²) in [7, 11) is -1.71. The van der Waals surface area contributed by atoms with Crippen LogP contribution in [-0.2, 0) is 22.7 Å². The van der Waals surface area contributed by atoms with Crippen molar-refractivity contribution >= 4 is 14.3 Å². The lowest BCUT2D eigenvalue weighted by Crippen LogP contribution is -2.39. The first kappa shape index (κ1) is 28.7. The van der Waals surface area contributed by atoms with Gasteiger partial charge in [0.15, 0.2) is 0 Å². The van der Waals surface area contributed by atoms with Gasteiger partial charge in [0, 0.05) is 6.42 Å². The number of aryl methyl sites for hydroxylation is 1. The normalized spacial score (nSPS) is 13.2. The molecule has 200 valence electrons. The fourth-order valence-electron chi connectivity index (χ4n) is 4.93. The number of carbonyl (C=O) groups excluding carboxylic acids is 1. The molecule has 1 aromatic heterocycles. The van der Waals surface area contributed by atoms with Crippen LogP contribution in [-0.4, -0.2) is 18.9 Å². The van der Waals surface area contributed by atoms with Crippen molar-refractivity contribution in [2.75, 3.05) is 0 Å². The largest absolute Gasteiger partial charge is 0.543 e. The molecule has 37 heavy (non-hydrogen) atoms. The first-order chi connectivity index (χ1) is 17.8. The van der Waals surface area contributed by atoms with Crippen molar-refractivity contribution in [3.05, 3.63) is 83.9 Å². The van der Waals surface area contributed by atoms with E-state index in [-0.39, 0.29) is 17.9 Å². The number of imidazole rings is 1. The summed E-state index contributed by atoms with van der Waals surface area (Å²) in [5, 5.41) is 0. The maximum absolute atomic E-state index is 12.8. The van der Waals surface area contributed by atoms with Gasteiger partial charge in [0.05, 0.1) is 5.92 Å². The van der Waals surface area contributed by atoms with Crippen LogP contribution in [0.3, 0.4) is 0 Å². The van der Waals surface area contributed by atoms with Gasteiger partial charge in [-0.3, -0.25) is 4.79 Å². The first-order valence-corrected chi connectivity index (χ1v) is 16.4. The first-order valence-electron chi connectivity index (χ1n) is 13.9. The topological polar surface area (TPSA) is 44.3 Å². The van der Waals surface area contributed by atoms with Gasteiger partial charge in [-0.05, 0) is 60.3 Å². The molecule has 3 aromatic rings. The van der Waals surface area contributed by atoms with Crippen LogP contribution in [0.25, 0.3) is 0 Å². The summed E-state index contributed by atoms with van der Waals surface area (Å²) in [6.45, 7) is 14.1. The van der Waals surface area contributed by atoms with Gasteiger partial charge >= 0.3 is 5.97 Å². The highest BCUT2D eigenvalue weighted by molar-refractivity contribution is 6.74. The molecule has 0 aliphatic heterocycles. The second kappa shape index (κ2) is 13.6. The van der Waals surface area contributed by atoms with Gasteiger partial charge in [0.25, 0.3) is 0 Å². The van der Waals surface area contributed by atoms with Gasteiger partial charge in [0.2, 0.25) is 14.6 Å². The average Bonchev–Trinajstić information content (AvgIpc) is 3.38. The Morgan fingerprint density at radius 1 is 1.00 bits per heavy atom. The van der Waals surface area contributed by atoms with E-state index in [9.17, 15) is 4.79 Å². The maximum atomic E-state index is 12.8. The number of ether oxygens (including phenoxy) is 1. The van der Waals surface area contributed by atoms with E-state index < -0.39 is 8.32 Å². The van der Waals surface area contributed by atoms with Crippen LogP contribution in [0.2, 0.25) is 18.1 Å². The van der Waals surface area contributed by atoms with Gasteiger partial charge in [-0.1, -0.05) is 71.0 Å². The molecule has 3 rings (SSSR count). The van der Waals surface area contributed by atoms with E-state index in [1.807, 2.05) is 19.1 Å². The average molecular weight is 522 g/mol. The van der Waals surface area contributed by atoms with Crippen molar-refractivity contribution in [3.63, 3.8) is 0 Å². The standard InChI is InChI=1S/C31H45N2O3Si/c1-7-29(33-19-18-32(24-33)22-27-14-12-11-13-15-27)21-26(6)31(34)35-23-28-16-17-30(25(5)20-28)36-37(8-2,9-3)10-4/h11-20,24,26,29H,7-10,21-23H2,1-6H3/q+1. The van der Waals surface area contributed by atoms with E-state index in [0.717, 1.165) is 54.4 Å². The molecule has 0 bridgehead atoms.